The van der Waals surface area contributed by atoms with Crippen molar-refractivity contribution in [1.29, 1.82) is 0 Å². The van der Waals surface area contributed by atoms with Crippen LogP contribution in [0.3, 0.4) is 0 Å². The van der Waals surface area contributed by atoms with Gasteiger partial charge in [-0.2, -0.15) is 0 Å². The predicted octanol–water partition coefficient (Wildman–Crippen LogP) is 3.69. The number of rotatable bonds is 3. The zero-order valence-electron chi connectivity index (χ0n) is 12.7. The molecule has 2 aliphatic rings. The molecular weight excluding hydrogens is 328 g/mol. The summed E-state index contributed by atoms with van der Waals surface area (Å²) in [4.78, 5) is 3.71. The van der Waals surface area contributed by atoms with Crippen molar-refractivity contribution in [3.05, 3.63) is 46.2 Å². The van der Waals surface area contributed by atoms with Crippen LogP contribution in [0.5, 0.6) is 11.5 Å². The lowest BCUT2D eigenvalue weighted by Gasteiger charge is -2.27. The third-order valence-corrected chi connectivity index (χ3v) is 5.62. The Morgan fingerprint density at radius 3 is 3.09 bits per heavy atom. The van der Waals surface area contributed by atoms with Gasteiger partial charge in [0.15, 0.2) is 16.6 Å². The van der Waals surface area contributed by atoms with Gasteiger partial charge < -0.3 is 19.7 Å². The smallest absolute Gasteiger partial charge is 0.231 e. The molecule has 1 aromatic carbocycles. The normalized spacial score (nSPS) is 19.1. The first kappa shape index (κ1) is 14.8. The molecule has 2 aliphatic heterocycles. The largest absolute Gasteiger partial charge is 0.454 e. The van der Waals surface area contributed by atoms with Gasteiger partial charge in [0.05, 0.1) is 6.04 Å². The third-order valence-electron chi connectivity index (χ3n) is 4.27. The SMILES string of the molecule is S=C(NCc1ccc2c(c1)OCO2)N1CCC[C@H]1c1cccs1. The highest BCUT2D eigenvalue weighted by Crippen LogP contribution is 2.35. The van der Waals surface area contributed by atoms with Crippen LogP contribution in [0, 0.1) is 0 Å². The summed E-state index contributed by atoms with van der Waals surface area (Å²) in [7, 11) is 0. The summed E-state index contributed by atoms with van der Waals surface area (Å²) in [6.45, 7) is 2.03. The maximum atomic E-state index is 5.63. The molecule has 1 aromatic heterocycles. The number of benzene rings is 1. The minimum absolute atomic E-state index is 0.306. The first-order valence-corrected chi connectivity index (χ1v) is 9.06. The van der Waals surface area contributed by atoms with Crippen LogP contribution in [0.15, 0.2) is 35.7 Å². The number of thiophene rings is 1. The lowest BCUT2D eigenvalue weighted by Crippen LogP contribution is -2.38. The molecule has 3 heterocycles. The lowest BCUT2D eigenvalue weighted by molar-refractivity contribution is 0.174. The standard InChI is InChI=1S/C17H18N2O2S2/c22-17(19-7-1-3-13(19)16-4-2-8-23-16)18-10-12-5-6-14-15(9-12)21-11-20-14/h2,4-6,8-9,13H,1,3,7,10-11H2,(H,18,22)/t13-/m0/s1. The number of likely N-dealkylation sites (tertiary alicyclic amines) is 1. The van der Waals surface area contributed by atoms with E-state index >= 15 is 0 Å². The van der Waals surface area contributed by atoms with Gasteiger partial charge in [-0.15, -0.1) is 11.3 Å². The van der Waals surface area contributed by atoms with E-state index in [1.807, 2.05) is 29.5 Å². The number of hydrogen-bond acceptors (Lipinski definition) is 4. The maximum Gasteiger partial charge on any atom is 0.231 e. The summed E-state index contributed by atoms with van der Waals surface area (Å²) < 4.78 is 10.8. The fraction of sp³-hybridized carbons (Fsp3) is 0.353. The van der Waals surface area contributed by atoms with E-state index in [2.05, 4.69) is 27.7 Å². The first-order valence-electron chi connectivity index (χ1n) is 7.77. The van der Waals surface area contributed by atoms with E-state index in [9.17, 15) is 0 Å². The monoisotopic (exact) mass is 346 g/mol. The third kappa shape index (κ3) is 3.01. The quantitative estimate of drug-likeness (QED) is 0.857. The van der Waals surface area contributed by atoms with Gasteiger partial charge in [-0.3, -0.25) is 0 Å². The molecule has 1 atom stereocenters. The molecule has 4 nitrogen and oxygen atoms in total. The van der Waals surface area contributed by atoms with E-state index in [1.54, 1.807) is 0 Å². The molecule has 0 amide bonds. The van der Waals surface area contributed by atoms with Gasteiger partial charge in [0, 0.05) is 18.0 Å². The molecule has 6 heteroatoms. The first-order chi connectivity index (χ1) is 11.3. The lowest BCUT2D eigenvalue weighted by atomic mass is 10.2. The van der Waals surface area contributed by atoms with E-state index in [0.717, 1.165) is 28.7 Å². The van der Waals surface area contributed by atoms with Gasteiger partial charge in [-0.1, -0.05) is 12.1 Å². The maximum absolute atomic E-state index is 5.63. The molecule has 1 fully saturated rings. The molecule has 23 heavy (non-hydrogen) atoms. The minimum Gasteiger partial charge on any atom is -0.454 e. The van der Waals surface area contributed by atoms with Crippen molar-refractivity contribution in [2.75, 3.05) is 13.3 Å². The molecule has 4 rings (SSSR count). The Labute approximate surface area is 145 Å². The van der Waals surface area contributed by atoms with Crippen molar-refractivity contribution in [3.63, 3.8) is 0 Å². The van der Waals surface area contributed by atoms with Gasteiger partial charge in [0.2, 0.25) is 6.79 Å². The Morgan fingerprint density at radius 2 is 2.22 bits per heavy atom. The van der Waals surface area contributed by atoms with Crippen molar-refractivity contribution in [2.24, 2.45) is 0 Å². The molecule has 1 saturated heterocycles. The molecule has 2 aromatic rings. The number of hydrogen-bond donors (Lipinski definition) is 1. The molecule has 0 saturated carbocycles. The van der Waals surface area contributed by atoms with Gasteiger partial charge in [-0.25, -0.2) is 0 Å². The number of nitrogens with zero attached hydrogens (tertiary/aromatic N) is 1. The van der Waals surface area contributed by atoms with Crippen molar-refractivity contribution in [3.8, 4) is 11.5 Å². The highest BCUT2D eigenvalue weighted by molar-refractivity contribution is 7.80. The minimum atomic E-state index is 0.306. The molecular formula is C17H18N2O2S2. The average Bonchev–Trinajstić information content (AvgIpc) is 3.32. The highest BCUT2D eigenvalue weighted by atomic mass is 32.1. The summed E-state index contributed by atoms with van der Waals surface area (Å²) in [6, 6.07) is 10.7. The molecule has 0 radical (unpaired) electrons. The van der Waals surface area contributed by atoms with Crippen LogP contribution in [0.4, 0.5) is 0 Å². The zero-order valence-corrected chi connectivity index (χ0v) is 14.3. The Kier molecular flexibility index (Phi) is 4.10. The molecule has 0 spiro atoms. The predicted molar refractivity (Wildman–Crippen MR) is 95.0 cm³/mol. The van der Waals surface area contributed by atoms with E-state index < -0.39 is 0 Å². The molecule has 0 bridgehead atoms. The van der Waals surface area contributed by atoms with E-state index in [0.29, 0.717) is 19.4 Å². The summed E-state index contributed by atoms with van der Waals surface area (Å²) in [5.74, 6) is 1.63. The Morgan fingerprint density at radius 1 is 1.30 bits per heavy atom. The fourth-order valence-electron chi connectivity index (χ4n) is 3.12. The van der Waals surface area contributed by atoms with Crippen LogP contribution < -0.4 is 14.8 Å². The number of fused-ring (bicyclic) bond motifs is 1. The zero-order chi connectivity index (χ0) is 15.6. The van der Waals surface area contributed by atoms with Crippen molar-refractivity contribution in [1.82, 2.24) is 10.2 Å². The van der Waals surface area contributed by atoms with Gasteiger partial charge in [-0.05, 0) is 54.2 Å². The molecule has 0 unspecified atom stereocenters. The van der Waals surface area contributed by atoms with Crippen LogP contribution in [-0.2, 0) is 6.54 Å². The Bertz CT molecular complexity index is 703. The summed E-state index contributed by atoms with van der Waals surface area (Å²) in [5, 5.41) is 6.36. The van der Waals surface area contributed by atoms with E-state index in [4.69, 9.17) is 21.7 Å². The fourth-order valence-corrected chi connectivity index (χ4v) is 4.28. The molecule has 120 valence electrons. The summed E-state index contributed by atoms with van der Waals surface area (Å²) in [5.41, 5.74) is 1.14. The van der Waals surface area contributed by atoms with Crippen molar-refractivity contribution < 1.29 is 9.47 Å². The number of nitrogens with one attached hydrogen (secondary N) is 1. The second kappa shape index (κ2) is 6.37. The average molecular weight is 346 g/mol. The summed E-state index contributed by atoms with van der Waals surface area (Å²) in [6.07, 6.45) is 2.36. The second-order valence-corrected chi connectivity index (χ2v) is 7.08. The van der Waals surface area contributed by atoms with Crippen molar-refractivity contribution >= 4 is 28.7 Å². The van der Waals surface area contributed by atoms with Gasteiger partial charge in [0.25, 0.3) is 0 Å². The van der Waals surface area contributed by atoms with Gasteiger partial charge in [0.1, 0.15) is 0 Å². The highest BCUT2D eigenvalue weighted by Gasteiger charge is 2.28. The van der Waals surface area contributed by atoms with Gasteiger partial charge >= 0.3 is 0 Å². The molecule has 0 aliphatic carbocycles. The summed E-state index contributed by atoms with van der Waals surface area (Å²) >= 11 is 7.44. The topological polar surface area (TPSA) is 33.7 Å². The Hall–Kier alpha value is -1.79. The van der Waals surface area contributed by atoms with Crippen LogP contribution in [0.2, 0.25) is 0 Å². The van der Waals surface area contributed by atoms with E-state index in [-0.39, 0.29) is 0 Å². The molecule has 1 N–H and O–H groups in total. The second-order valence-electron chi connectivity index (χ2n) is 5.71. The van der Waals surface area contributed by atoms with Crippen LogP contribution in [0.25, 0.3) is 0 Å². The van der Waals surface area contributed by atoms with Crippen LogP contribution >= 0.6 is 23.6 Å². The number of ether oxygens (including phenoxy) is 2. The van der Waals surface area contributed by atoms with Crippen LogP contribution in [0.1, 0.15) is 29.3 Å². The Balaban J connectivity index is 1.40. The van der Waals surface area contributed by atoms with Crippen LogP contribution in [-0.4, -0.2) is 23.4 Å². The van der Waals surface area contributed by atoms with E-state index in [1.165, 1.54) is 17.7 Å². The van der Waals surface area contributed by atoms with Crippen molar-refractivity contribution in [2.45, 2.75) is 25.4 Å². The number of thiocarbonyl (C=S) groups is 1.